The van der Waals surface area contributed by atoms with Gasteiger partial charge in [-0.05, 0) is 62.7 Å². The van der Waals surface area contributed by atoms with E-state index >= 15 is 0 Å². The van der Waals surface area contributed by atoms with Crippen LogP contribution in [0.1, 0.15) is 29.2 Å². The van der Waals surface area contributed by atoms with Crippen LogP contribution < -0.4 is 16.0 Å². The lowest BCUT2D eigenvalue weighted by Crippen LogP contribution is -2.37. The average Bonchev–Trinajstić information content (AvgIpc) is 3.04. The Morgan fingerprint density at radius 2 is 1.76 bits per heavy atom. The summed E-state index contributed by atoms with van der Waals surface area (Å²) in [6, 6.07) is 10.4. The maximum atomic E-state index is 12.2. The molecule has 2 aromatic rings. The van der Waals surface area contributed by atoms with Gasteiger partial charge in [-0.25, -0.2) is 0 Å². The molecule has 0 bridgehead atoms. The molecule has 1 aliphatic heterocycles. The number of rotatable bonds is 4. The number of amides is 2. The second-order valence-electron chi connectivity index (χ2n) is 5.97. The lowest BCUT2D eigenvalue weighted by molar-refractivity contribution is -0.120. The Kier molecular flexibility index (Phi) is 6.61. The normalized spacial score (nSPS) is 16.6. The molecule has 1 aliphatic rings. The van der Waals surface area contributed by atoms with Gasteiger partial charge in [0.2, 0.25) is 5.91 Å². The number of hydrogen-bond acceptors (Lipinski definition) is 4. The first kappa shape index (κ1) is 19.0. The number of piperidine rings is 1. The molecule has 0 aliphatic carbocycles. The number of carbonyl (C=O) groups excluding carboxylic acids is 2. The molecule has 3 N–H and O–H groups in total. The van der Waals surface area contributed by atoms with Gasteiger partial charge in [0.25, 0.3) is 5.91 Å². The summed E-state index contributed by atoms with van der Waals surface area (Å²) in [7, 11) is 0. The average molecular weight is 364 g/mol. The van der Waals surface area contributed by atoms with Crippen molar-refractivity contribution >= 4 is 35.6 Å². The highest BCUT2D eigenvalue weighted by molar-refractivity contribution is 6.02. The van der Waals surface area contributed by atoms with Crippen LogP contribution in [0.4, 0.5) is 11.4 Å². The number of carbonyl (C=O) groups is 2. The van der Waals surface area contributed by atoms with Crippen molar-refractivity contribution in [1.82, 2.24) is 5.32 Å². The Balaban J connectivity index is 0.00000225. The number of halogens is 1. The Morgan fingerprint density at radius 3 is 2.32 bits per heavy atom. The number of nitrogens with one attached hydrogen (secondary N) is 3. The van der Waals surface area contributed by atoms with Crippen molar-refractivity contribution in [3.05, 3.63) is 47.9 Å². The Labute approximate surface area is 152 Å². The van der Waals surface area contributed by atoms with Gasteiger partial charge < -0.3 is 20.4 Å². The molecule has 0 radical (unpaired) electrons. The highest BCUT2D eigenvalue weighted by atomic mass is 35.5. The summed E-state index contributed by atoms with van der Waals surface area (Å²) in [5, 5.41) is 8.91. The van der Waals surface area contributed by atoms with E-state index < -0.39 is 0 Å². The summed E-state index contributed by atoms with van der Waals surface area (Å²) in [5.74, 6) is 0.712. The van der Waals surface area contributed by atoms with E-state index in [4.69, 9.17) is 4.42 Å². The number of aryl methyl sites for hydroxylation is 1. The maximum Gasteiger partial charge on any atom is 0.291 e. The van der Waals surface area contributed by atoms with Gasteiger partial charge in [0.1, 0.15) is 5.76 Å². The molecular weight excluding hydrogens is 342 g/mol. The van der Waals surface area contributed by atoms with Crippen molar-refractivity contribution in [2.24, 2.45) is 5.92 Å². The lowest BCUT2D eigenvalue weighted by atomic mass is 9.99. The first-order chi connectivity index (χ1) is 11.6. The van der Waals surface area contributed by atoms with E-state index in [1.54, 1.807) is 43.3 Å². The second kappa shape index (κ2) is 8.69. The largest absolute Gasteiger partial charge is 0.456 e. The van der Waals surface area contributed by atoms with E-state index in [0.717, 1.165) is 31.6 Å². The molecule has 3 rings (SSSR count). The van der Waals surface area contributed by atoms with E-state index in [0.29, 0.717) is 11.4 Å². The topological polar surface area (TPSA) is 83.4 Å². The van der Waals surface area contributed by atoms with Crippen molar-refractivity contribution < 1.29 is 14.0 Å². The van der Waals surface area contributed by atoms with Crippen LogP contribution >= 0.6 is 12.4 Å². The first-order valence-corrected chi connectivity index (χ1v) is 8.11. The number of benzene rings is 1. The van der Waals surface area contributed by atoms with Gasteiger partial charge in [-0.3, -0.25) is 9.59 Å². The van der Waals surface area contributed by atoms with Crippen LogP contribution in [-0.2, 0) is 4.79 Å². The molecule has 2 heterocycles. The van der Waals surface area contributed by atoms with E-state index in [-0.39, 0.29) is 35.9 Å². The van der Waals surface area contributed by atoms with Gasteiger partial charge in [-0.1, -0.05) is 0 Å². The lowest BCUT2D eigenvalue weighted by Gasteiger charge is -2.21. The summed E-state index contributed by atoms with van der Waals surface area (Å²) >= 11 is 0. The van der Waals surface area contributed by atoms with E-state index in [2.05, 4.69) is 16.0 Å². The van der Waals surface area contributed by atoms with Crippen LogP contribution in [-0.4, -0.2) is 24.9 Å². The summed E-state index contributed by atoms with van der Waals surface area (Å²) in [6.45, 7) is 3.49. The third-order valence-electron chi connectivity index (χ3n) is 4.04. The first-order valence-electron chi connectivity index (χ1n) is 8.11. The van der Waals surface area contributed by atoms with Gasteiger partial charge in [-0.2, -0.15) is 0 Å². The van der Waals surface area contributed by atoms with Gasteiger partial charge in [-0.15, -0.1) is 12.4 Å². The fourth-order valence-electron chi connectivity index (χ4n) is 2.71. The molecular formula is C18H22ClN3O3. The predicted octanol–water partition coefficient (Wildman–Crippen LogP) is 3.20. The van der Waals surface area contributed by atoms with Crippen LogP contribution in [0, 0.1) is 12.8 Å². The molecule has 6 nitrogen and oxygen atoms in total. The molecule has 0 spiro atoms. The second-order valence-corrected chi connectivity index (χ2v) is 5.97. The number of furan rings is 1. The SMILES string of the molecule is Cc1ccc(C(=O)Nc2ccc(NC(=O)C3CCCNC3)cc2)o1.Cl. The van der Waals surface area contributed by atoms with Crippen molar-refractivity contribution in [2.75, 3.05) is 23.7 Å². The van der Waals surface area contributed by atoms with Gasteiger partial charge >= 0.3 is 0 Å². The van der Waals surface area contributed by atoms with Crippen LogP contribution in [0.3, 0.4) is 0 Å². The molecule has 1 fully saturated rings. The molecule has 1 atom stereocenters. The molecule has 1 unspecified atom stereocenters. The predicted molar refractivity (Wildman–Crippen MR) is 99.3 cm³/mol. The van der Waals surface area contributed by atoms with Crippen LogP contribution in [0.25, 0.3) is 0 Å². The molecule has 25 heavy (non-hydrogen) atoms. The minimum Gasteiger partial charge on any atom is -0.456 e. The zero-order valence-electron chi connectivity index (χ0n) is 14.0. The van der Waals surface area contributed by atoms with Crippen molar-refractivity contribution in [3.63, 3.8) is 0 Å². The molecule has 2 amide bonds. The maximum absolute atomic E-state index is 12.2. The Morgan fingerprint density at radius 1 is 1.08 bits per heavy atom. The summed E-state index contributed by atoms with van der Waals surface area (Å²) < 4.78 is 5.29. The fraction of sp³-hybridized carbons (Fsp3) is 0.333. The third-order valence-corrected chi connectivity index (χ3v) is 4.04. The van der Waals surface area contributed by atoms with Crippen molar-refractivity contribution in [2.45, 2.75) is 19.8 Å². The van der Waals surface area contributed by atoms with Crippen LogP contribution in [0.2, 0.25) is 0 Å². The highest BCUT2D eigenvalue weighted by Gasteiger charge is 2.20. The van der Waals surface area contributed by atoms with E-state index in [9.17, 15) is 9.59 Å². The molecule has 1 aromatic heterocycles. The quantitative estimate of drug-likeness (QED) is 0.779. The standard InChI is InChI=1S/C18H21N3O3.ClH/c1-12-4-9-16(24-12)18(23)21-15-7-5-14(6-8-15)20-17(22)13-3-2-10-19-11-13;/h4-9,13,19H,2-3,10-11H2,1H3,(H,20,22)(H,21,23);1H. The molecule has 1 aromatic carbocycles. The summed E-state index contributed by atoms with van der Waals surface area (Å²) in [5.41, 5.74) is 1.36. The minimum atomic E-state index is -0.298. The summed E-state index contributed by atoms with van der Waals surface area (Å²) in [6.07, 6.45) is 1.94. The Hall–Kier alpha value is -2.31. The minimum absolute atomic E-state index is 0. The van der Waals surface area contributed by atoms with E-state index in [1.807, 2.05) is 0 Å². The highest BCUT2D eigenvalue weighted by Crippen LogP contribution is 2.18. The van der Waals surface area contributed by atoms with E-state index in [1.165, 1.54) is 0 Å². The zero-order valence-corrected chi connectivity index (χ0v) is 14.8. The number of hydrogen-bond donors (Lipinski definition) is 3. The van der Waals surface area contributed by atoms with Crippen molar-refractivity contribution in [3.8, 4) is 0 Å². The summed E-state index contributed by atoms with van der Waals surface area (Å²) in [4.78, 5) is 24.2. The van der Waals surface area contributed by atoms with Gasteiger partial charge in [0.15, 0.2) is 5.76 Å². The molecule has 0 saturated carbocycles. The molecule has 1 saturated heterocycles. The molecule has 7 heteroatoms. The van der Waals surface area contributed by atoms with Crippen LogP contribution in [0.5, 0.6) is 0 Å². The van der Waals surface area contributed by atoms with Crippen molar-refractivity contribution in [1.29, 1.82) is 0 Å². The van der Waals surface area contributed by atoms with Gasteiger partial charge in [0.05, 0.1) is 5.92 Å². The smallest absolute Gasteiger partial charge is 0.291 e. The fourth-order valence-corrected chi connectivity index (χ4v) is 2.71. The number of anilines is 2. The third kappa shape index (κ3) is 5.08. The van der Waals surface area contributed by atoms with Gasteiger partial charge in [0, 0.05) is 17.9 Å². The van der Waals surface area contributed by atoms with Crippen LogP contribution in [0.15, 0.2) is 40.8 Å². The zero-order chi connectivity index (χ0) is 16.9. The monoisotopic (exact) mass is 363 g/mol. The molecule has 134 valence electrons. The Bertz CT molecular complexity index is 721.